The van der Waals surface area contributed by atoms with Crippen LogP contribution in [0.25, 0.3) is 11.1 Å². The van der Waals surface area contributed by atoms with Crippen LogP contribution in [0.3, 0.4) is 0 Å². The molecule has 0 radical (unpaired) electrons. The van der Waals surface area contributed by atoms with Gasteiger partial charge >= 0.3 is 0 Å². The molecular weight excluding hydrogens is 392 g/mol. The van der Waals surface area contributed by atoms with Gasteiger partial charge in [0.05, 0.1) is 11.3 Å². The molecule has 0 saturated heterocycles. The van der Waals surface area contributed by atoms with Crippen LogP contribution in [0.4, 0.5) is 0 Å². The van der Waals surface area contributed by atoms with Gasteiger partial charge in [-0.1, -0.05) is 104 Å². The van der Waals surface area contributed by atoms with Gasteiger partial charge in [-0.15, -0.1) is 0 Å². The lowest BCUT2D eigenvalue weighted by Gasteiger charge is -2.36. The lowest BCUT2D eigenvalue weighted by Crippen LogP contribution is -2.43. The van der Waals surface area contributed by atoms with Crippen LogP contribution >= 0.6 is 0 Å². The Kier molecular flexibility index (Phi) is 4.82. The van der Waals surface area contributed by atoms with E-state index < -0.39 is 11.3 Å². The van der Waals surface area contributed by atoms with Crippen LogP contribution in [-0.2, 0) is 15.0 Å². The van der Waals surface area contributed by atoms with Crippen LogP contribution in [0.1, 0.15) is 43.0 Å². The molecule has 0 aliphatic heterocycles. The quantitative estimate of drug-likeness (QED) is 0.492. The van der Waals surface area contributed by atoms with Gasteiger partial charge in [0.2, 0.25) is 0 Å². The van der Waals surface area contributed by atoms with Crippen LogP contribution in [0.15, 0.2) is 96.6 Å². The maximum atomic E-state index is 14.2. The second kappa shape index (κ2) is 7.56. The monoisotopic (exact) mass is 418 g/mol. The van der Waals surface area contributed by atoms with E-state index in [2.05, 4.69) is 24.3 Å². The van der Waals surface area contributed by atoms with Crippen LogP contribution in [0.2, 0.25) is 0 Å². The highest BCUT2D eigenvalue weighted by atomic mass is 16.1. The van der Waals surface area contributed by atoms with Crippen molar-refractivity contribution in [1.82, 2.24) is 0 Å². The van der Waals surface area contributed by atoms with Gasteiger partial charge in [-0.3, -0.25) is 9.59 Å². The van der Waals surface area contributed by atoms with Crippen molar-refractivity contribution in [3.8, 4) is 0 Å². The smallest absolute Gasteiger partial charge is 0.174 e. The fourth-order valence-corrected chi connectivity index (χ4v) is 5.61. The number of ketones is 2. The van der Waals surface area contributed by atoms with Gasteiger partial charge in [-0.05, 0) is 41.7 Å². The van der Waals surface area contributed by atoms with Crippen LogP contribution in [-0.4, -0.2) is 11.6 Å². The fourth-order valence-electron chi connectivity index (χ4n) is 5.61. The van der Waals surface area contributed by atoms with E-state index in [0.717, 1.165) is 33.4 Å². The minimum absolute atomic E-state index is 0.0357. The van der Waals surface area contributed by atoms with Crippen molar-refractivity contribution in [1.29, 1.82) is 0 Å². The Morgan fingerprint density at radius 1 is 0.750 bits per heavy atom. The normalized spacial score (nSPS) is 26.7. The van der Waals surface area contributed by atoms with E-state index >= 15 is 0 Å². The molecule has 0 spiro atoms. The number of carbonyl (C=O) groups excluding carboxylic acids is 2. The third kappa shape index (κ3) is 2.86. The highest BCUT2D eigenvalue weighted by Gasteiger charge is 2.56. The van der Waals surface area contributed by atoms with E-state index in [0.29, 0.717) is 5.57 Å². The minimum Gasteiger partial charge on any atom is -0.298 e. The van der Waals surface area contributed by atoms with Gasteiger partial charge in [0.1, 0.15) is 5.78 Å². The topological polar surface area (TPSA) is 34.1 Å². The maximum absolute atomic E-state index is 14.2. The summed E-state index contributed by atoms with van der Waals surface area (Å²) < 4.78 is 0. The fraction of sp³-hybridized carbons (Fsp3) is 0.200. The number of Topliss-reactive ketones (excluding diaryl/α,β-unsaturated/α-hetero) is 2. The molecule has 5 rings (SSSR count). The molecule has 0 saturated carbocycles. The maximum Gasteiger partial charge on any atom is 0.174 e. The van der Waals surface area contributed by atoms with Crippen LogP contribution in [0.5, 0.6) is 0 Å². The summed E-state index contributed by atoms with van der Waals surface area (Å²) in [5.74, 6) is -0.642. The predicted molar refractivity (Wildman–Crippen MR) is 129 cm³/mol. The lowest BCUT2D eigenvalue weighted by molar-refractivity contribution is -0.129. The standard InChI is InChI=1S/C30H26O2/c1-19-18-24(21-12-6-4-7-13-21)23-16-10-11-17-25(23)30(3)27(28(19)31)20(2)26(29(30)32)22-14-8-5-9-15-22/h4-19,27H,1-3H3/b24-18-/t19-,27?,30?/m1/s1. The number of hydrogen-bond donors (Lipinski definition) is 0. The summed E-state index contributed by atoms with van der Waals surface area (Å²) in [4.78, 5) is 28.0. The molecular formula is C30H26O2. The summed E-state index contributed by atoms with van der Waals surface area (Å²) in [6, 6.07) is 28.0. The van der Waals surface area contributed by atoms with Gasteiger partial charge in [0.25, 0.3) is 0 Å². The molecule has 32 heavy (non-hydrogen) atoms. The third-order valence-corrected chi connectivity index (χ3v) is 7.18. The Morgan fingerprint density at radius 2 is 1.31 bits per heavy atom. The van der Waals surface area contributed by atoms with Crippen molar-refractivity contribution >= 4 is 22.7 Å². The first kappa shape index (κ1) is 20.4. The van der Waals surface area contributed by atoms with E-state index in [4.69, 9.17) is 0 Å². The van der Waals surface area contributed by atoms with Crippen molar-refractivity contribution in [3.63, 3.8) is 0 Å². The molecule has 3 aromatic rings. The van der Waals surface area contributed by atoms with Crippen molar-refractivity contribution in [3.05, 3.63) is 119 Å². The van der Waals surface area contributed by atoms with E-state index in [-0.39, 0.29) is 17.5 Å². The molecule has 0 bridgehead atoms. The second-order valence-electron chi connectivity index (χ2n) is 9.07. The average Bonchev–Trinajstić information content (AvgIpc) is 3.02. The summed E-state index contributed by atoms with van der Waals surface area (Å²) in [7, 11) is 0. The van der Waals surface area contributed by atoms with Crippen molar-refractivity contribution in [2.75, 3.05) is 0 Å². The highest BCUT2D eigenvalue weighted by Crippen LogP contribution is 2.53. The zero-order chi connectivity index (χ0) is 22.5. The molecule has 0 aromatic heterocycles. The molecule has 0 amide bonds. The Labute approximate surface area is 189 Å². The first-order chi connectivity index (χ1) is 15.4. The zero-order valence-corrected chi connectivity index (χ0v) is 18.6. The largest absolute Gasteiger partial charge is 0.298 e. The summed E-state index contributed by atoms with van der Waals surface area (Å²) in [5, 5.41) is 0. The Morgan fingerprint density at radius 3 is 1.97 bits per heavy atom. The average molecular weight is 419 g/mol. The lowest BCUT2D eigenvalue weighted by atomic mass is 9.64. The summed E-state index contributed by atoms with van der Waals surface area (Å²) in [6.45, 7) is 5.89. The third-order valence-electron chi connectivity index (χ3n) is 7.18. The second-order valence-corrected chi connectivity index (χ2v) is 9.07. The molecule has 2 aliphatic rings. The number of allylic oxidation sites excluding steroid dienone is 3. The first-order valence-electron chi connectivity index (χ1n) is 11.2. The summed E-state index contributed by atoms with van der Waals surface area (Å²) in [6.07, 6.45) is 2.08. The van der Waals surface area contributed by atoms with Gasteiger partial charge in [0, 0.05) is 11.5 Å². The van der Waals surface area contributed by atoms with Crippen LogP contribution in [0, 0.1) is 11.8 Å². The van der Waals surface area contributed by atoms with Gasteiger partial charge in [-0.2, -0.15) is 0 Å². The number of benzene rings is 3. The number of carbonyl (C=O) groups is 2. The molecule has 2 nitrogen and oxygen atoms in total. The zero-order valence-electron chi connectivity index (χ0n) is 18.6. The Bertz CT molecular complexity index is 1280. The predicted octanol–water partition coefficient (Wildman–Crippen LogP) is 6.27. The SMILES string of the molecule is CC1=C(c2ccccc2)C(=O)C2(C)c3ccccc3/C(c3ccccc3)=C\[C@@H](C)C(=O)C12. The number of fused-ring (bicyclic) bond motifs is 3. The molecule has 2 heteroatoms. The number of hydrogen-bond acceptors (Lipinski definition) is 2. The van der Waals surface area contributed by atoms with Crippen molar-refractivity contribution < 1.29 is 9.59 Å². The van der Waals surface area contributed by atoms with Crippen LogP contribution < -0.4 is 0 Å². The molecule has 0 N–H and O–H groups in total. The first-order valence-corrected chi connectivity index (χ1v) is 11.2. The molecule has 2 aliphatic carbocycles. The molecule has 3 aromatic carbocycles. The molecule has 158 valence electrons. The summed E-state index contributed by atoms with van der Waals surface area (Å²) >= 11 is 0. The van der Waals surface area contributed by atoms with E-state index in [1.54, 1.807) is 0 Å². The Hall–Kier alpha value is -3.52. The van der Waals surface area contributed by atoms with Gasteiger partial charge in [0.15, 0.2) is 5.78 Å². The van der Waals surface area contributed by atoms with E-state index in [1.807, 2.05) is 87.5 Å². The summed E-state index contributed by atoms with van der Waals surface area (Å²) in [5.41, 5.74) is 5.54. The highest BCUT2D eigenvalue weighted by molar-refractivity contribution is 6.31. The van der Waals surface area contributed by atoms with Crippen molar-refractivity contribution in [2.24, 2.45) is 11.8 Å². The van der Waals surface area contributed by atoms with Gasteiger partial charge in [-0.25, -0.2) is 0 Å². The van der Waals surface area contributed by atoms with Gasteiger partial charge < -0.3 is 0 Å². The minimum atomic E-state index is -0.939. The molecule has 2 unspecified atom stereocenters. The van der Waals surface area contributed by atoms with E-state index in [1.165, 1.54) is 0 Å². The molecule has 0 fully saturated rings. The molecule has 3 atom stereocenters. The Balaban J connectivity index is 1.80. The van der Waals surface area contributed by atoms with E-state index in [9.17, 15) is 9.59 Å². The van der Waals surface area contributed by atoms with Crippen molar-refractivity contribution in [2.45, 2.75) is 26.2 Å². The number of rotatable bonds is 2. The molecule has 0 heterocycles.